The summed E-state index contributed by atoms with van der Waals surface area (Å²) >= 11 is 1.65. The van der Waals surface area contributed by atoms with Gasteiger partial charge >= 0.3 is 0 Å². The molecule has 2 heteroatoms. The third-order valence-electron chi connectivity index (χ3n) is 2.55. The van der Waals surface area contributed by atoms with Crippen molar-refractivity contribution in [3.05, 3.63) is 65.1 Å². The zero-order chi connectivity index (χ0) is 12.1. The zero-order valence-corrected chi connectivity index (χ0v) is 10.6. The van der Waals surface area contributed by atoms with E-state index in [0.717, 1.165) is 10.6 Å². The van der Waals surface area contributed by atoms with Gasteiger partial charge in [0.25, 0.3) is 0 Å². The molecule has 0 atom stereocenters. The number of benzene rings is 2. The molecule has 0 aliphatic heterocycles. The zero-order valence-electron chi connectivity index (χ0n) is 9.76. The normalized spacial score (nSPS) is 10.9. The minimum atomic E-state index is 0.826. The summed E-state index contributed by atoms with van der Waals surface area (Å²) in [4.78, 5) is 1.09. The van der Waals surface area contributed by atoms with Crippen molar-refractivity contribution in [2.75, 3.05) is 5.73 Å². The fourth-order valence-electron chi connectivity index (χ4n) is 1.54. The molecule has 0 heterocycles. The van der Waals surface area contributed by atoms with Gasteiger partial charge in [0, 0.05) is 10.6 Å². The molecule has 2 aromatic rings. The Bertz CT molecular complexity index is 532. The summed E-state index contributed by atoms with van der Waals surface area (Å²) in [5.41, 5.74) is 9.23. The van der Waals surface area contributed by atoms with Gasteiger partial charge in [0.2, 0.25) is 0 Å². The Morgan fingerprint density at radius 2 is 1.71 bits per heavy atom. The van der Waals surface area contributed by atoms with Crippen molar-refractivity contribution >= 4 is 23.5 Å². The van der Waals surface area contributed by atoms with Crippen LogP contribution < -0.4 is 5.73 Å². The molecule has 2 N–H and O–H groups in total. The first-order chi connectivity index (χ1) is 8.27. The van der Waals surface area contributed by atoms with E-state index < -0.39 is 0 Å². The Hall–Kier alpha value is -1.67. The Morgan fingerprint density at radius 3 is 2.47 bits per heavy atom. The van der Waals surface area contributed by atoms with Gasteiger partial charge in [-0.2, -0.15) is 0 Å². The Balaban J connectivity index is 2.09. The fourth-order valence-corrected chi connectivity index (χ4v) is 2.26. The summed E-state index contributed by atoms with van der Waals surface area (Å²) < 4.78 is 0. The van der Waals surface area contributed by atoms with Crippen LogP contribution in [0.1, 0.15) is 11.1 Å². The van der Waals surface area contributed by atoms with Crippen LogP contribution in [0.2, 0.25) is 0 Å². The van der Waals surface area contributed by atoms with Gasteiger partial charge in [-0.15, -0.1) is 0 Å². The molecule has 0 bridgehead atoms. The standard InChI is InChI=1S/C15H15NS/c1-12-6-2-3-7-13(12)10-11-17-15-9-5-4-8-14(15)16/h2-11H,16H2,1H3/b11-10-. The van der Waals surface area contributed by atoms with Gasteiger partial charge in [-0.05, 0) is 41.7 Å². The summed E-state index contributed by atoms with van der Waals surface area (Å²) in [6, 6.07) is 16.2. The van der Waals surface area contributed by atoms with E-state index in [1.807, 2.05) is 30.3 Å². The number of thioether (sulfide) groups is 1. The molecule has 17 heavy (non-hydrogen) atoms. The SMILES string of the molecule is Cc1ccccc1/C=C\Sc1ccccc1N. The summed E-state index contributed by atoms with van der Waals surface area (Å²) in [6.45, 7) is 2.11. The molecule has 0 aliphatic carbocycles. The molecule has 0 unspecified atom stereocenters. The molecule has 0 saturated heterocycles. The summed E-state index contributed by atoms with van der Waals surface area (Å²) in [6.07, 6.45) is 2.12. The lowest BCUT2D eigenvalue weighted by Gasteiger charge is -2.01. The Labute approximate surface area is 106 Å². The number of nitrogen functional groups attached to an aromatic ring is 1. The van der Waals surface area contributed by atoms with Crippen LogP contribution in [0.3, 0.4) is 0 Å². The Morgan fingerprint density at radius 1 is 1.00 bits per heavy atom. The molecular weight excluding hydrogens is 226 g/mol. The highest BCUT2D eigenvalue weighted by atomic mass is 32.2. The van der Waals surface area contributed by atoms with Gasteiger partial charge < -0.3 is 5.73 Å². The number of aryl methyl sites for hydroxylation is 1. The molecule has 0 saturated carbocycles. The third kappa shape index (κ3) is 3.14. The number of anilines is 1. The van der Waals surface area contributed by atoms with Crippen molar-refractivity contribution in [2.24, 2.45) is 0 Å². The van der Waals surface area contributed by atoms with E-state index >= 15 is 0 Å². The molecule has 86 valence electrons. The lowest BCUT2D eigenvalue weighted by molar-refractivity contribution is 1.44. The maximum absolute atomic E-state index is 5.88. The van der Waals surface area contributed by atoms with Crippen molar-refractivity contribution in [3.8, 4) is 0 Å². The first-order valence-electron chi connectivity index (χ1n) is 5.51. The number of para-hydroxylation sites is 1. The van der Waals surface area contributed by atoms with E-state index in [1.165, 1.54) is 11.1 Å². The van der Waals surface area contributed by atoms with Crippen molar-refractivity contribution < 1.29 is 0 Å². The van der Waals surface area contributed by atoms with Crippen LogP contribution in [0.25, 0.3) is 6.08 Å². The Kier molecular flexibility index (Phi) is 3.89. The highest BCUT2D eigenvalue weighted by Gasteiger charge is 1.95. The van der Waals surface area contributed by atoms with E-state index in [2.05, 4.69) is 36.6 Å². The van der Waals surface area contributed by atoms with Gasteiger partial charge in [0.1, 0.15) is 0 Å². The second-order valence-electron chi connectivity index (χ2n) is 3.82. The number of nitrogens with two attached hydrogens (primary N) is 1. The molecule has 2 aromatic carbocycles. The first kappa shape index (κ1) is 11.8. The summed E-state index contributed by atoms with van der Waals surface area (Å²) in [5, 5.41) is 2.08. The van der Waals surface area contributed by atoms with Crippen LogP contribution >= 0.6 is 11.8 Å². The highest BCUT2D eigenvalue weighted by molar-refractivity contribution is 8.02. The number of hydrogen-bond acceptors (Lipinski definition) is 2. The first-order valence-corrected chi connectivity index (χ1v) is 6.38. The second-order valence-corrected chi connectivity index (χ2v) is 4.76. The molecular formula is C15H15NS. The smallest absolute Gasteiger partial charge is 0.0455 e. The van der Waals surface area contributed by atoms with Crippen LogP contribution in [0.15, 0.2) is 58.8 Å². The maximum atomic E-state index is 5.88. The van der Waals surface area contributed by atoms with Crippen molar-refractivity contribution in [2.45, 2.75) is 11.8 Å². The predicted octanol–water partition coefficient (Wildman–Crippen LogP) is 4.34. The van der Waals surface area contributed by atoms with E-state index in [4.69, 9.17) is 5.73 Å². The van der Waals surface area contributed by atoms with Crippen molar-refractivity contribution in [1.29, 1.82) is 0 Å². The van der Waals surface area contributed by atoms with E-state index in [1.54, 1.807) is 11.8 Å². The van der Waals surface area contributed by atoms with Gasteiger partial charge in [0.15, 0.2) is 0 Å². The van der Waals surface area contributed by atoms with Crippen LogP contribution in [0, 0.1) is 6.92 Å². The van der Waals surface area contributed by atoms with Gasteiger partial charge in [0.05, 0.1) is 0 Å². The monoisotopic (exact) mass is 241 g/mol. The molecule has 0 spiro atoms. The minimum absolute atomic E-state index is 0.826. The van der Waals surface area contributed by atoms with Crippen LogP contribution in [0.4, 0.5) is 5.69 Å². The fraction of sp³-hybridized carbons (Fsp3) is 0.0667. The number of rotatable bonds is 3. The van der Waals surface area contributed by atoms with Crippen LogP contribution in [-0.2, 0) is 0 Å². The second kappa shape index (κ2) is 5.60. The molecule has 0 aliphatic rings. The lowest BCUT2D eigenvalue weighted by Crippen LogP contribution is -1.85. The van der Waals surface area contributed by atoms with Crippen molar-refractivity contribution in [1.82, 2.24) is 0 Å². The molecule has 1 nitrogen and oxygen atoms in total. The summed E-state index contributed by atoms with van der Waals surface area (Å²) in [7, 11) is 0. The van der Waals surface area contributed by atoms with Crippen LogP contribution in [0.5, 0.6) is 0 Å². The average Bonchev–Trinajstić information content (AvgIpc) is 2.34. The third-order valence-corrected chi connectivity index (χ3v) is 3.45. The van der Waals surface area contributed by atoms with Gasteiger partial charge in [-0.1, -0.05) is 48.2 Å². The summed E-state index contributed by atoms with van der Waals surface area (Å²) in [5.74, 6) is 0. The van der Waals surface area contributed by atoms with Crippen molar-refractivity contribution in [3.63, 3.8) is 0 Å². The topological polar surface area (TPSA) is 26.0 Å². The quantitative estimate of drug-likeness (QED) is 0.639. The highest BCUT2D eigenvalue weighted by Crippen LogP contribution is 2.26. The van der Waals surface area contributed by atoms with E-state index in [9.17, 15) is 0 Å². The van der Waals surface area contributed by atoms with Crippen LogP contribution in [-0.4, -0.2) is 0 Å². The maximum Gasteiger partial charge on any atom is 0.0455 e. The number of hydrogen-bond donors (Lipinski definition) is 1. The minimum Gasteiger partial charge on any atom is -0.398 e. The van der Waals surface area contributed by atoms with E-state index in [0.29, 0.717) is 0 Å². The lowest BCUT2D eigenvalue weighted by atomic mass is 10.1. The molecule has 0 fully saturated rings. The predicted molar refractivity (Wildman–Crippen MR) is 76.9 cm³/mol. The molecule has 0 aromatic heterocycles. The molecule has 0 amide bonds. The largest absolute Gasteiger partial charge is 0.398 e. The van der Waals surface area contributed by atoms with E-state index in [-0.39, 0.29) is 0 Å². The molecule has 2 rings (SSSR count). The van der Waals surface area contributed by atoms with Gasteiger partial charge in [-0.25, -0.2) is 0 Å². The molecule has 0 radical (unpaired) electrons. The van der Waals surface area contributed by atoms with Gasteiger partial charge in [-0.3, -0.25) is 0 Å². The average molecular weight is 241 g/mol.